The molecule has 0 aliphatic heterocycles. The lowest BCUT2D eigenvalue weighted by molar-refractivity contribution is -0.121. The molecule has 1 rings (SSSR count). The molecule has 0 aromatic carbocycles. The SMILES string of the molecule is C=CC(=C)C(=C)CCC(=O)NCc1cccnc1. The second-order valence-electron chi connectivity index (χ2n) is 3.97. The average molecular weight is 242 g/mol. The molecule has 0 aliphatic carbocycles. The molecule has 18 heavy (non-hydrogen) atoms. The van der Waals surface area contributed by atoms with Gasteiger partial charge in [0.1, 0.15) is 0 Å². The summed E-state index contributed by atoms with van der Waals surface area (Å²) in [6.07, 6.45) is 6.10. The summed E-state index contributed by atoms with van der Waals surface area (Å²) < 4.78 is 0. The lowest BCUT2D eigenvalue weighted by Gasteiger charge is -2.07. The summed E-state index contributed by atoms with van der Waals surface area (Å²) >= 11 is 0. The van der Waals surface area contributed by atoms with E-state index in [0.717, 1.165) is 16.7 Å². The standard InChI is InChI=1S/C15H18N2O/c1-4-12(2)13(3)7-8-15(18)17-11-14-6-5-9-16-10-14/h4-6,9-10H,1-3,7-8,11H2,(H,17,18). The molecule has 0 fully saturated rings. The third kappa shape index (κ3) is 4.78. The fourth-order valence-electron chi connectivity index (χ4n) is 1.36. The van der Waals surface area contributed by atoms with Crippen LogP contribution >= 0.6 is 0 Å². The van der Waals surface area contributed by atoms with Crippen LogP contribution in [0.15, 0.2) is 61.5 Å². The first kappa shape index (κ1) is 13.9. The van der Waals surface area contributed by atoms with E-state index in [1.54, 1.807) is 18.5 Å². The number of pyridine rings is 1. The van der Waals surface area contributed by atoms with Crippen molar-refractivity contribution in [2.24, 2.45) is 0 Å². The van der Waals surface area contributed by atoms with Crippen LogP contribution in [0.5, 0.6) is 0 Å². The van der Waals surface area contributed by atoms with E-state index in [1.807, 2.05) is 12.1 Å². The summed E-state index contributed by atoms with van der Waals surface area (Å²) in [6, 6.07) is 3.77. The minimum absolute atomic E-state index is 0.00290. The summed E-state index contributed by atoms with van der Waals surface area (Å²) in [4.78, 5) is 15.6. The van der Waals surface area contributed by atoms with Crippen LogP contribution in [0.2, 0.25) is 0 Å². The van der Waals surface area contributed by atoms with Crippen LogP contribution in [-0.4, -0.2) is 10.9 Å². The van der Waals surface area contributed by atoms with E-state index in [1.165, 1.54) is 0 Å². The van der Waals surface area contributed by atoms with Crippen molar-refractivity contribution >= 4 is 5.91 Å². The Balaban J connectivity index is 2.28. The van der Waals surface area contributed by atoms with Crippen molar-refractivity contribution in [2.75, 3.05) is 0 Å². The van der Waals surface area contributed by atoms with E-state index in [4.69, 9.17) is 0 Å². The van der Waals surface area contributed by atoms with Crippen LogP contribution in [0, 0.1) is 0 Å². The second kappa shape index (κ2) is 7.22. The van der Waals surface area contributed by atoms with Gasteiger partial charge in [0, 0.05) is 25.4 Å². The van der Waals surface area contributed by atoms with Gasteiger partial charge in [-0.2, -0.15) is 0 Å². The zero-order chi connectivity index (χ0) is 13.4. The summed E-state index contributed by atoms with van der Waals surface area (Å²) in [5, 5.41) is 2.84. The first-order valence-corrected chi connectivity index (χ1v) is 5.78. The molecule has 0 saturated heterocycles. The van der Waals surface area contributed by atoms with Crippen molar-refractivity contribution in [2.45, 2.75) is 19.4 Å². The zero-order valence-electron chi connectivity index (χ0n) is 10.5. The number of aromatic nitrogens is 1. The van der Waals surface area contributed by atoms with Gasteiger partial charge < -0.3 is 5.32 Å². The van der Waals surface area contributed by atoms with Crippen LogP contribution in [0.1, 0.15) is 18.4 Å². The minimum Gasteiger partial charge on any atom is -0.352 e. The summed E-state index contributed by atoms with van der Waals surface area (Å²) in [5.41, 5.74) is 2.62. The van der Waals surface area contributed by atoms with Gasteiger partial charge in [0.05, 0.1) is 0 Å². The summed E-state index contributed by atoms with van der Waals surface area (Å²) in [5.74, 6) is -0.00290. The molecule has 94 valence electrons. The average Bonchev–Trinajstić information content (AvgIpc) is 2.42. The van der Waals surface area contributed by atoms with Crippen LogP contribution in [0.3, 0.4) is 0 Å². The van der Waals surface area contributed by atoms with Crippen molar-refractivity contribution in [3.63, 3.8) is 0 Å². The fourth-order valence-corrected chi connectivity index (χ4v) is 1.36. The molecule has 1 amide bonds. The van der Waals surface area contributed by atoms with E-state index in [-0.39, 0.29) is 5.91 Å². The van der Waals surface area contributed by atoms with E-state index >= 15 is 0 Å². The maximum atomic E-state index is 11.6. The van der Waals surface area contributed by atoms with Crippen molar-refractivity contribution in [3.05, 3.63) is 67.0 Å². The number of hydrogen-bond acceptors (Lipinski definition) is 2. The second-order valence-corrected chi connectivity index (χ2v) is 3.97. The normalized spacial score (nSPS) is 9.56. The molecule has 1 N–H and O–H groups in total. The minimum atomic E-state index is -0.00290. The Hall–Kier alpha value is -2.16. The van der Waals surface area contributed by atoms with Gasteiger partial charge in [-0.05, 0) is 29.2 Å². The third-order valence-corrected chi connectivity index (χ3v) is 2.57. The largest absolute Gasteiger partial charge is 0.352 e. The molecule has 3 nitrogen and oxygen atoms in total. The number of carbonyl (C=O) groups is 1. The third-order valence-electron chi connectivity index (χ3n) is 2.57. The Morgan fingerprint density at radius 1 is 1.39 bits per heavy atom. The number of nitrogens with zero attached hydrogens (tertiary/aromatic N) is 1. The number of rotatable bonds is 7. The summed E-state index contributed by atoms with van der Waals surface area (Å²) in [6.45, 7) is 11.8. The topological polar surface area (TPSA) is 42.0 Å². The highest BCUT2D eigenvalue weighted by Crippen LogP contribution is 2.12. The van der Waals surface area contributed by atoms with E-state index in [9.17, 15) is 4.79 Å². The predicted octanol–water partition coefficient (Wildman–Crippen LogP) is 2.78. The Morgan fingerprint density at radius 3 is 2.78 bits per heavy atom. The highest BCUT2D eigenvalue weighted by atomic mass is 16.1. The molecule has 0 radical (unpaired) electrons. The highest BCUT2D eigenvalue weighted by molar-refractivity contribution is 5.76. The molecule has 3 heteroatoms. The lowest BCUT2D eigenvalue weighted by Crippen LogP contribution is -2.22. The molecule has 1 heterocycles. The van der Waals surface area contributed by atoms with Gasteiger partial charge in [0.2, 0.25) is 5.91 Å². The molecule has 0 atom stereocenters. The molecule has 0 unspecified atom stereocenters. The van der Waals surface area contributed by atoms with E-state index in [2.05, 4.69) is 30.0 Å². The van der Waals surface area contributed by atoms with Crippen molar-refractivity contribution in [1.29, 1.82) is 0 Å². The van der Waals surface area contributed by atoms with Crippen LogP contribution in [0.25, 0.3) is 0 Å². The first-order valence-electron chi connectivity index (χ1n) is 5.78. The van der Waals surface area contributed by atoms with Crippen LogP contribution < -0.4 is 5.32 Å². The Bertz CT molecular complexity index is 449. The quantitative estimate of drug-likeness (QED) is 0.747. The molecule has 0 aliphatic rings. The highest BCUT2D eigenvalue weighted by Gasteiger charge is 2.03. The number of nitrogens with one attached hydrogen (secondary N) is 1. The maximum Gasteiger partial charge on any atom is 0.220 e. The molecular formula is C15H18N2O. The Morgan fingerprint density at radius 2 is 2.17 bits per heavy atom. The van der Waals surface area contributed by atoms with Crippen LogP contribution in [0.4, 0.5) is 0 Å². The van der Waals surface area contributed by atoms with Crippen molar-refractivity contribution < 1.29 is 4.79 Å². The molecule has 0 saturated carbocycles. The molecule has 1 aromatic heterocycles. The number of hydrogen-bond donors (Lipinski definition) is 1. The predicted molar refractivity (Wildman–Crippen MR) is 73.8 cm³/mol. The van der Waals surface area contributed by atoms with Crippen molar-refractivity contribution in [1.82, 2.24) is 10.3 Å². The molecule has 0 bridgehead atoms. The number of amides is 1. The molecular weight excluding hydrogens is 224 g/mol. The Labute approximate surface area is 108 Å². The summed E-state index contributed by atoms with van der Waals surface area (Å²) in [7, 11) is 0. The lowest BCUT2D eigenvalue weighted by atomic mass is 10.0. The van der Waals surface area contributed by atoms with Gasteiger partial charge in [-0.3, -0.25) is 9.78 Å². The smallest absolute Gasteiger partial charge is 0.220 e. The van der Waals surface area contributed by atoms with E-state index in [0.29, 0.717) is 19.4 Å². The van der Waals surface area contributed by atoms with Gasteiger partial charge >= 0.3 is 0 Å². The van der Waals surface area contributed by atoms with Gasteiger partial charge in [-0.25, -0.2) is 0 Å². The van der Waals surface area contributed by atoms with Gasteiger partial charge in [-0.1, -0.05) is 31.9 Å². The maximum absolute atomic E-state index is 11.6. The van der Waals surface area contributed by atoms with Gasteiger partial charge in [-0.15, -0.1) is 0 Å². The van der Waals surface area contributed by atoms with Gasteiger partial charge in [0.15, 0.2) is 0 Å². The first-order chi connectivity index (χ1) is 8.63. The van der Waals surface area contributed by atoms with Crippen molar-refractivity contribution in [3.8, 4) is 0 Å². The van der Waals surface area contributed by atoms with Gasteiger partial charge in [0.25, 0.3) is 0 Å². The number of allylic oxidation sites excluding steroid dienone is 3. The van der Waals surface area contributed by atoms with E-state index < -0.39 is 0 Å². The van der Waals surface area contributed by atoms with Crippen LogP contribution in [-0.2, 0) is 11.3 Å². The number of carbonyl (C=O) groups excluding carboxylic acids is 1. The Kier molecular flexibility index (Phi) is 5.58. The zero-order valence-corrected chi connectivity index (χ0v) is 10.5. The monoisotopic (exact) mass is 242 g/mol. The fraction of sp³-hybridized carbons (Fsp3) is 0.200. The molecule has 1 aromatic rings. The molecule has 0 spiro atoms.